The highest BCUT2D eigenvalue weighted by Crippen LogP contribution is 2.19. The van der Waals surface area contributed by atoms with Crippen molar-refractivity contribution in [2.24, 2.45) is 11.8 Å². The van der Waals surface area contributed by atoms with Crippen LogP contribution in [-0.4, -0.2) is 49.1 Å². The van der Waals surface area contributed by atoms with Crippen molar-refractivity contribution in [2.75, 3.05) is 26.2 Å². The third-order valence-electron chi connectivity index (χ3n) is 4.02. The summed E-state index contributed by atoms with van der Waals surface area (Å²) in [5.74, 6) is 0.420. The number of piperidine rings is 1. The van der Waals surface area contributed by atoms with Crippen LogP contribution in [0.25, 0.3) is 0 Å². The minimum atomic E-state index is -0.186. The number of hydrogen-bond donors (Lipinski definition) is 1. The molecule has 1 aliphatic heterocycles. The molecule has 2 atom stereocenters. The van der Waals surface area contributed by atoms with Crippen LogP contribution in [0.15, 0.2) is 0 Å². The molecule has 1 saturated heterocycles. The Morgan fingerprint density at radius 3 is 2.67 bits per heavy atom. The molecule has 1 amide bonds. The lowest BCUT2D eigenvalue weighted by molar-refractivity contribution is -0.151. The monoisotopic (exact) mass is 298 g/mol. The van der Waals surface area contributed by atoms with Gasteiger partial charge < -0.3 is 10.1 Å². The van der Waals surface area contributed by atoms with Gasteiger partial charge >= 0.3 is 5.97 Å². The van der Waals surface area contributed by atoms with E-state index >= 15 is 0 Å². The smallest absolute Gasteiger partial charge is 0.310 e. The molecule has 0 aliphatic carbocycles. The van der Waals surface area contributed by atoms with Crippen LogP contribution in [0.1, 0.15) is 47.0 Å². The van der Waals surface area contributed by atoms with Crippen molar-refractivity contribution in [1.82, 2.24) is 10.2 Å². The maximum Gasteiger partial charge on any atom is 0.310 e. The molecule has 0 bridgehead atoms. The van der Waals surface area contributed by atoms with E-state index in [2.05, 4.69) is 24.1 Å². The molecule has 0 aromatic rings. The summed E-state index contributed by atoms with van der Waals surface area (Å²) in [6.07, 6.45) is 2.79. The largest absolute Gasteiger partial charge is 0.466 e. The van der Waals surface area contributed by atoms with E-state index in [1.807, 2.05) is 13.8 Å². The van der Waals surface area contributed by atoms with Gasteiger partial charge in [0.1, 0.15) is 0 Å². The number of likely N-dealkylation sites (tertiary alicyclic amines) is 1. The molecule has 21 heavy (non-hydrogen) atoms. The summed E-state index contributed by atoms with van der Waals surface area (Å²) < 4.78 is 5.09. The second-order valence-corrected chi connectivity index (χ2v) is 6.24. The van der Waals surface area contributed by atoms with Crippen LogP contribution < -0.4 is 5.32 Å². The van der Waals surface area contributed by atoms with Crippen LogP contribution in [0.3, 0.4) is 0 Å². The number of rotatable bonds is 7. The number of amides is 1. The van der Waals surface area contributed by atoms with Crippen LogP contribution in [0, 0.1) is 11.8 Å². The van der Waals surface area contributed by atoms with Gasteiger partial charge in [-0.3, -0.25) is 14.5 Å². The fourth-order valence-electron chi connectivity index (χ4n) is 2.61. The second kappa shape index (κ2) is 9.03. The number of nitrogens with one attached hydrogen (secondary N) is 1. The molecule has 1 rings (SSSR count). The maximum absolute atomic E-state index is 12.2. The summed E-state index contributed by atoms with van der Waals surface area (Å²) in [5.41, 5.74) is 0. The Morgan fingerprint density at radius 2 is 2.05 bits per heavy atom. The van der Waals surface area contributed by atoms with E-state index in [1.54, 1.807) is 0 Å². The van der Waals surface area contributed by atoms with Crippen molar-refractivity contribution >= 4 is 11.9 Å². The van der Waals surface area contributed by atoms with Crippen molar-refractivity contribution in [3.63, 3.8) is 0 Å². The van der Waals surface area contributed by atoms with Gasteiger partial charge in [-0.05, 0) is 45.6 Å². The summed E-state index contributed by atoms with van der Waals surface area (Å²) in [6, 6.07) is -0.186. The quantitative estimate of drug-likeness (QED) is 0.728. The molecule has 122 valence electrons. The van der Waals surface area contributed by atoms with E-state index in [4.69, 9.17) is 4.74 Å². The van der Waals surface area contributed by atoms with Crippen molar-refractivity contribution in [2.45, 2.75) is 53.0 Å². The molecule has 0 saturated carbocycles. The molecule has 1 heterocycles. The van der Waals surface area contributed by atoms with E-state index in [0.29, 0.717) is 19.1 Å². The highest BCUT2D eigenvalue weighted by Gasteiger charge is 2.31. The number of carbonyl (C=O) groups excluding carboxylic acids is 2. The summed E-state index contributed by atoms with van der Waals surface area (Å²) in [5, 5.41) is 2.98. The first-order chi connectivity index (χ1) is 9.95. The lowest BCUT2D eigenvalue weighted by Gasteiger charge is -2.35. The molecular formula is C16H30N2O3. The van der Waals surface area contributed by atoms with E-state index < -0.39 is 0 Å². The van der Waals surface area contributed by atoms with Gasteiger partial charge in [-0.1, -0.05) is 13.8 Å². The van der Waals surface area contributed by atoms with Crippen LogP contribution in [0.5, 0.6) is 0 Å². The van der Waals surface area contributed by atoms with Crippen molar-refractivity contribution in [3.05, 3.63) is 0 Å². The number of esters is 1. The van der Waals surface area contributed by atoms with Gasteiger partial charge in [0.05, 0.1) is 18.6 Å². The molecule has 1 unspecified atom stereocenters. The van der Waals surface area contributed by atoms with Gasteiger partial charge in [0.15, 0.2) is 0 Å². The SMILES string of the molecule is CCOC(=O)[C@H]1CCCN(C(C)C(=O)NCCC(C)C)C1. The first kappa shape index (κ1) is 18.0. The zero-order valence-electron chi connectivity index (χ0n) is 13.9. The first-order valence-electron chi connectivity index (χ1n) is 8.14. The van der Waals surface area contributed by atoms with Crippen LogP contribution >= 0.6 is 0 Å². The first-order valence-corrected chi connectivity index (χ1v) is 8.14. The van der Waals surface area contributed by atoms with Crippen molar-refractivity contribution in [1.29, 1.82) is 0 Å². The Bertz CT molecular complexity index is 344. The van der Waals surface area contributed by atoms with Gasteiger partial charge in [0.25, 0.3) is 0 Å². The van der Waals surface area contributed by atoms with Gasteiger partial charge in [-0.2, -0.15) is 0 Å². The predicted octanol–water partition coefficient (Wildman–Crippen LogP) is 1.81. The second-order valence-electron chi connectivity index (χ2n) is 6.24. The zero-order valence-corrected chi connectivity index (χ0v) is 13.9. The molecule has 5 nitrogen and oxygen atoms in total. The average Bonchev–Trinajstić information content (AvgIpc) is 2.46. The van der Waals surface area contributed by atoms with Gasteiger partial charge in [0.2, 0.25) is 5.91 Å². The fourth-order valence-corrected chi connectivity index (χ4v) is 2.61. The minimum absolute atomic E-state index is 0.0557. The summed E-state index contributed by atoms with van der Waals surface area (Å²) in [6.45, 7) is 10.7. The number of nitrogens with zero attached hydrogens (tertiary/aromatic N) is 1. The molecule has 0 radical (unpaired) electrons. The minimum Gasteiger partial charge on any atom is -0.466 e. The average molecular weight is 298 g/mol. The molecule has 0 spiro atoms. The number of carbonyl (C=O) groups is 2. The van der Waals surface area contributed by atoms with Crippen molar-refractivity contribution in [3.8, 4) is 0 Å². The lowest BCUT2D eigenvalue weighted by atomic mass is 9.97. The van der Waals surface area contributed by atoms with E-state index in [1.165, 1.54) is 0 Å². The van der Waals surface area contributed by atoms with E-state index in [9.17, 15) is 9.59 Å². The Labute approximate surface area is 128 Å². The highest BCUT2D eigenvalue weighted by molar-refractivity contribution is 5.81. The standard InChI is InChI=1S/C16H30N2O3/c1-5-21-16(20)14-7-6-10-18(11-14)13(4)15(19)17-9-8-12(2)3/h12-14H,5-11H2,1-4H3,(H,17,19)/t13?,14-/m0/s1. The third-order valence-corrected chi connectivity index (χ3v) is 4.02. The third kappa shape index (κ3) is 6.04. The Kier molecular flexibility index (Phi) is 7.72. The van der Waals surface area contributed by atoms with E-state index in [-0.39, 0.29) is 23.8 Å². The summed E-state index contributed by atoms with van der Waals surface area (Å²) >= 11 is 0. The summed E-state index contributed by atoms with van der Waals surface area (Å²) in [7, 11) is 0. The Morgan fingerprint density at radius 1 is 1.33 bits per heavy atom. The Balaban J connectivity index is 2.43. The molecule has 0 aromatic heterocycles. The van der Waals surface area contributed by atoms with Gasteiger partial charge in [0, 0.05) is 13.1 Å². The molecular weight excluding hydrogens is 268 g/mol. The summed E-state index contributed by atoms with van der Waals surface area (Å²) in [4.78, 5) is 26.1. The molecule has 0 aromatic carbocycles. The number of ether oxygens (including phenoxy) is 1. The number of hydrogen-bond acceptors (Lipinski definition) is 4. The van der Waals surface area contributed by atoms with Crippen LogP contribution in [0.4, 0.5) is 0 Å². The molecule has 1 N–H and O–H groups in total. The van der Waals surface area contributed by atoms with Gasteiger partial charge in [-0.15, -0.1) is 0 Å². The van der Waals surface area contributed by atoms with Crippen molar-refractivity contribution < 1.29 is 14.3 Å². The normalized spacial score (nSPS) is 21.1. The lowest BCUT2D eigenvalue weighted by Crippen LogP contribution is -2.50. The highest BCUT2D eigenvalue weighted by atomic mass is 16.5. The van der Waals surface area contributed by atoms with E-state index in [0.717, 1.165) is 32.4 Å². The van der Waals surface area contributed by atoms with Gasteiger partial charge in [-0.25, -0.2) is 0 Å². The molecule has 5 heteroatoms. The van der Waals surface area contributed by atoms with Crippen LogP contribution in [0.2, 0.25) is 0 Å². The predicted molar refractivity (Wildman–Crippen MR) is 82.9 cm³/mol. The molecule has 1 aliphatic rings. The maximum atomic E-state index is 12.2. The Hall–Kier alpha value is -1.10. The zero-order chi connectivity index (χ0) is 15.8. The van der Waals surface area contributed by atoms with Crippen LogP contribution in [-0.2, 0) is 14.3 Å². The topological polar surface area (TPSA) is 58.6 Å². The molecule has 1 fully saturated rings. The fraction of sp³-hybridized carbons (Fsp3) is 0.875.